The lowest BCUT2D eigenvalue weighted by Gasteiger charge is -2.36. The molecule has 2 aromatic heterocycles. The van der Waals surface area contributed by atoms with Crippen LogP contribution in [0.4, 0.5) is 10.2 Å². The minimum Gasteiger partial charge on any atom is -0.381 e. The van der Waals surface area contributed by atoms with Gasteiger partial charge in [-0.2, -0.15) is 4.39 Å². The number of pyridine rings is 2. The minimum atomic E-state index is -0.568. The van der Waals surface area contributed by atoms with Gasteiger partial charge >= 0.3 is 0 Å². The van der Waals surface area contributed by atoms with Crippen LogP contribution in [0.3, 0.4) is 0 Å². The SMILES string of the molecule is CCC1(CNc2cccc(-c3cc(F)ncc3Cl)n2)CCOCC1. The summed E-state index contributed by atoms with van der Waals surface area (Å²) in [6.45, 7) is 4.70. The molecule has 0 spiro atoms. The number of halogens is 2. The predicted octanol–water partition coefficient (Wildman–Crippen LogP) is 4.55. The van der Waals surface area contributed by atoms with E-state index in [-0.39, 0.29) is 5.41 Å². The van der Waals surface area contributed by atoms with Crippen molar-refractivity contribution in [3.05, 3.63) is 41.4 Å². The van der Waals surface area contributed by atoms with E-state index in [0.29, 0.717) is 16.3 Å². The first kappa shape index (κ1) is 17.1. The summed E-state index contributed by atoms with van der Waals surface area (Å²) in [6, 6.07) is 6.93. The normalized spacial score (nSPS) is 16.8. The minimum absolute atomic E-state index is 0.246. The summed E-state index contributed by atoms with van der Waals surface area (Å²) in [5.41, 5.74) is 1.42. The van der Waals surface area contributed by atoms with Gasteiger partial charge in [0.15, 0.2) is 0 Å². The second-order valence-corrected chi connectivity index (χ2v) is 6.62. The Balaban J connectivity index is 1.77. The summed E-state index contributed by atoms with van der Waals surface area (Å²) in [4.78, 5) is 8.12. The first-order chi connectivity index (χ1) is 11.6. The van der Waals surface area contributed by atoms with Crippen molar-refractivity contribution in [2.75, 3.05) is 25.1 Å². The number of nitrogens with zero attached hydrogens (tertiary/aromatic N) is 2. The van der Waals surface area contributed by atoms with Gasteiger partial charge in [0.25, 0.3) is 0 Å². The van der Waals surface area contributed by atoms with Gasteiger partial charge in [0.1, 0.15) is 5.82 Å². The molecule has 128 valence electrons. The van der Waals surface area contributed by atoms with Gasteiger partial charge in [-0.05, 0) is 36.8 Å². The molecule has 3 rings (SSSR count). The fourth-order valence-corrected chi connectivity index (χ4v) is 3.23. The van der Waals surface area contributed by atoms with Crippen LogP contribution in [0.25, 0.3) is 11.3 Å². The average Bonchev–Trinajstić information content (AvgIpc) is 2.63. The zero-order valence-electron chi connectivity index (χ0n) is 13.7. The Kier molecular flexibility index (Phi) is 5.31. The molecule has 0 radical (unpaired) electrons. The largest absolute Gasteiger partial charge is 0.381 e. The molecule has 0 atom stereocenters. The highest BCUT2D eigenvalue weighted by atomic mass is 35.5. The Morgan fingerprint density at radius 2 is 2.12 bits per heavy atom. The average molecular weight is 350 g/mol. The Morgan fingerprint density at radius 1 is 1.33 bits per heavy atom. The summed E-state index contributed by atoms with van der Waals surface area (Å²) in [7, 11) is 0. The molecule has 0 saturated carbocycles. The van der Waals surface area contributed by atoms with Gasteiger partial charge in [0.2, 0.25) is 5.95 Å². The van der Waals surface area contributed by atoms with E-state index in [9.17, 15) is 4.39 Å². The van der Waals surface area contributed by atoms with Gasteiger partial charge in [0, 0.05) is 37.6 Å². The zero-order chi connectivity index (χ0) is 17.0. The van der Waals surface area contributed by atoms with Gasteiger partial charge < -0.3 is 10.1 Å². The second kappa shape index (κ2) is 7.45. The molecule has 0 aliphatic carbocycles. The van der Waals surface area contributed by atoms with Crippen LogP contribution in [0.15, 0.2) is 30.5 Å². The Labute approximate surface area is 146 Å². The maximum Gasteiger partial charge on any atom is 0.213 e. The topological polar surface area (TPSA) is 47.0 Å². The highest BCUT2D eigenvalue weighted by Crippen LogP contribution is 2.34. The van der Waals surface area contributed by atoms with Crippen LogP contribution in [-0.2, 0) is 4.74 Å². The quantitative estimate of drug-likeness (QED) is 0.804. The van der Waals surface area contributed by atoms with Crippen molar-refractivity contribution < 1.29 is 9.13 Å². The summed E-state index contributed by atoms with van der Waals surface area (Å²) >= 11 is 6.12. The Morgan fingerprint density at radius 3 is 2.88 bits per heavy atom. The number of rotatable bonds is 5. The zero-order valence-corrected chi connectivity index (χ0v) is 14.4. The molecule has 6 heteroatoms. The number of hydrogen-bond acceptors (Lipinski definition) is 4. The lowest BCUT2D eigenvalue weighted by molar-refractivity contribution is 0.0191. The van der Waals surface area contributed by atoms with Crippen LogP contribution in [-0.4, -0.2) is 29.7 Å². The number of hydrogen-bond donors (Lipinski definition) is 1. The Bertz CT molecular complexity index is 704. The maximum atomic E-state index is 13.4. The Hall–Kier alpha value is -1.72. The molecule has 1 fully saturated rings. The van der Waals surface area contributed by atoms with Crippen molar-refractivity contribution >= 4 is 17.4 Å². The van der Waals surface area contributed by atoms with Crippen LogP contribution in [0.2, 0.25) is 5.02 Å². The molecule has 1 saturated heterocycles. The third-order valence-electron chi connectivity index (χ3n) is 4.79. The molecule has 1 aliphatic rings. The molecule has 2 aromatic rings. The molecule has 1 aliphatic heterocycles. The van der Waals surface area contributed by atoms with Gasteiger partial charge in [-0.3, -0.25) is 0 Å². The molecule has 4 nitrogen and oxygen atoms in total. The molecule has 0 bridgehead atoms. The number of aromatic nitrogens is 2. The van der Waals surface area contributed by atoms with Crippen LogP contribution < -0.4 is 5.32 Å². The first-order valence-electron chi connectivity index (χ1n) is 8.22. The van der Waals surface area contributed by atoms with E-state index in [1.807, 2.05) is 18.2 Å². The van der Waals surface area contributed by atoms with E-state index in [1.165, 1.54) is 12.3 Å². The third kappa shape index (κ3) is 3.84. The molecular weight excluding hydrogens is 329 g/mol. The summed E-state index contributed by atoms with van der Waals surface area (Å²) in [6.07, 6.45) is 4.52. The summed E-state index contributed by atoms with van der Waals surface area (Å²) < 4.78 is 18.9. The highest BCUT2D eigenvalue weighted by Gasteiger charge is 2.30. The molecular formula is C18H21ClFN3O. The van der Waals surface area contributed by atoms with Crippen LogP contribution in [0.5, 0.6) is 0 Å². The smallest absolute Gasteiger partial charge is 0.213 e. The van der Waals surface area contributed by atoms with E-state index >= 15 is 0 Å². The molecule has 0 amide bonds. The standard InChI is InChI=1S/C18H21ClFN3O/c1-2-18(6-8-24-9-7-18)12-22-17-5-3-4-15(23-17)13-10-16(20)21-11-14(13)19/h3-5,10-11H,2,6-9,12H2,1H3,(H,22,23). The van der Waals surface area contributed by atoms with Crippen molar-refractivity contribution in [3.8, 4) is 11.3 Å². The lowest BCUT2D eigenvalue weighted by atomic mass is 9.78. The van der Waals surface area contributed by atoms with Crippen molar-refractivity contribution in [2.24, 2.45) is 5.41 Å². The van der Waals surface area contributed by atoms with Gasteiger partial charge in [0.05, 0.1) is 10.7 Å². The van der Waals surface area contributed by atoms with Crippen LogP contribution >= 0.6 is 11.6 Å². The molecule has 0 aromatic carbocycles. The van der Waals surface area contributed by atoms with Gasteiger partial charge in [-0.1, -0.05) is 24.6 Å². The van der Waals surface area contributed by atoms with E-state index in [4.69, 9.17) is 16.3 Å². The first-order valence-corrected chi connectivity index (χ1v) is 8.60. The number of anilines is 1. The fourth-order valence-electron chi connectivity index (χ4n) is 3.03. The molecule has 1 N–H and O–H groups in total. The van der Waals surface area contributed by atoms with Gasteiger partial charge in [-0.15, -0.1) is 0 Å². The van der Waals surface area contributed by atoms with Crippen molar-refractivity contribution in [1.82, 2.24) is 9.97 Å². The van der Waals surface area contributed by atoms with Crippen LogP contribution in [0.1, 0.15) is 26.2 Å². The van der Waals surface area contributed by atoms with E-state index in [2.05, 4.69) is 22.2 Å². The molecule has 24 heavy (non-hydrogen) atoms. The van der Waals surface area contributed by atoms with E-state index in [1.54, 1.807) is 0 Å². The van der Waals surface area contributed by atoms with Crippen LogP contribution in [0, 0.1) is 11.4 Å². The van der Waals surface area contributed by atoms with E-state index < -0.39 is 5.95 Å². The second-order valence-electron chi connectivity index (χ2n) is 6.21. The fraction of sp³-hybridized carbons (Fsp3) is 0.444. The monoisotopic (exact) mass is 349 g/mol. The molecule has 0 unspecified atom stereocenters. The predicted molar refractivity (Wildman–Crippen MR) is 93.7 cm³/mol. The lowest BCUT2D eigenvalue weighted by Crippen LogP contribution is -2.35. The number of nitrogens with one attached hydrogen (secondary N) is 1. The summed E-state index contributed by atoms with van der Waals surface area (Å²) in [5.74, 6) is 0.196. The van der Waals surface area contributed by atoms with Gasteiger partial charge in [-0.25, -0.2) is 9.97 Å². The van der Waals surface area contributed by atoms with Crippen molar-refractivity contribution in [1.29, 1.82) is 0 Å². The number of ether oxygens (including phenoxy) is 1. The maximum absolute atomic E-state index is 13.4. The van der Waals surface area contributed by atoms with E-state index in [0.717, 1.165) is 44.8 Å². The van der Waals surface area contributed by atoms with Crippen molar-refractivity contribution in [2.45, 2.75) is 26.2 Å². The summed E-state index contributed by atoms with van der Waals surface area (Å²) in [5, 5.41) is 3.82. The third-order valence-corrected chi connectivity index (χ3v) is 5.10. The van der Waals surface area contributed by atoms with Crippen molar-refractivity contribution in [3.63, 3.8) is 0 Å². The highest BCUT2D eigenvalue weighted by molar-refractivity contribution is 6.33. The molecule has 3 heterocycles.